The number of nitrogens with two attached hydrogens (primary N) is 1. The van der Waals surface area contributed by atoms with Crippen molar-refractivity contribution < 1.29 is 9.72 Å². The standard InChI is InChI=1S/C10H13N3O3.ClH/c1-7(11)10(14)12-6-8-4-2-3-5-9(8)13(15)16;/h2-5,7H,6,11H2,1H3,(H,12,14);1H. The van der Waals surface area contributed by atoms with Crippen LogP contribution in [0.25, 0.3) is 0 Å². The molecular formula is C10H14ClN3O3. The van der Waals surface area contributed by atoms with Crippen LogP contribution in [0.5, 0.6) is 0 Å². The molecule has 17 heavy (non-hydrogen) atoms. The molecular weight excluding hydrogens is 246 g/mol. The van der Waals surface area contributed by atoms with Crippen molar-refractivity contribution in [2.24, 2.45) is 5.73 Å². The van der Waals surface area contributed by atoms with Crippen LogP contribution in [0.3, 0.4) is 0 Å². The van der Waals surface area contributed by atoms with Gasteiger partial charge < -0.3 is 11.1 Å². The van der Waals surface area contributed by atoms with Crippen molar-refractivity contribution in [1.29, 1.82) is 0 Å². The molecule has 1 unspecified atom stereocenters. The van der Waals surface area contributed by atoms with Crippen molar-refractivity contribution in [3.63, 3.8) is 0 Å². The molecule has 0 spiro atoms. The van der Waals surface area contributed by atoms with E-state index in [2.05, 4.69) is 5.32 Å². The molecule has 0 bridgehead atoms. The zero-order chi connectivity index (χ0) is 12.1. The Morgan fingerprint density at radius 1 is 1.53 bits per heavy atom. The van der Waals surface area contributed by atoms with Gasteiger partial charge >= 0.3 is 0 Å². The van der Waals surface area contributed by atoms with Crippen LogP contribution in [0.2, 0.25) is 0 Å². The molecule has 0 saturated carbocycles. The van der Waals surface area contributed by atoms with E-state index in [1.54, 1.807) is 25.1 Å². The molecule has 7 heteroatoms. The van der Waals surface area contributed by atoms with Crippen molar-refractivity contribution in [3.05, 3.63) is 39.9 Å². The van der Waals surface area contributed by atoms with Gasteiger partial charge in [0.05, 0.1) is 11.0 Å². The van der Waals surface area contributed by atoms with Crippen LogP contribution in [0.4, 0.5) is 5.69 Å². The SMILES string of the molecule is CC(N)C(=O)NCc1ccccc1[N+](=O)[O-].Cl. The lowest BCUT2D eigenvalue weighted by Crippen LogP contribution is -2.37. The van der Waals surface area contributed by atoms with Crippen LogP contribution in [0, 0.1) is 10.1 Å². The van der Waals surface area contributed by atoms with Crippen LogP contribution in [0.15, 0.2) is 24.3 Å². The highest BCUT2D eigenvalue weighted by Gasteiger charge is 2.13. The van der Waals surface area contributed by atoms with E-state index in [4.69, 9.17) is 5.73 Å². The molecule has 1 aromatic carbocycles. The molecule has 0 aliphatic heterocycles. The number of halogens is 1. The van der Waals surface area contributed by atoms with Crippen LogP contribution in [-0.4, -0.2) is 16.9 Å². The summed E-state index contributed by atoms with van der Waals surface area (Å²) in [5.41, 5.74) is 5.80. The molecule has 94 valence electrons. The minimum atomic E-state index is -0.622. The number of amides is 1. The average molecular weight is 260 g/mol. The molecule has 0 fully saturated rings. The zero-order valence-corrected chi connectivity index (χ0v) is 10.1. The predicted molar refractivity (Wildman–Crippen MR) is 65.8 cm³/mol. The van der Waals surface area contributed by atoms with E-state index in [1.807, 2.05) is 0 Å². The molecule has 1 amide bonds. The Hall–Kier alpha value is -1.66. The molecule has 0 aliphatic carbocycles. The van der Waals surface area contributed by atoms with Crippen molar-refractivity contribution in [2.75, 3.05) is 0 Å². The van der Waals surface area contributed by atoms with Gasteiger partial charge in [-0.1, -0.05) is 18.2 Å². The van der Waals surface area contributed by atoms with Gasteiger partial charge in [-0.2, -0.15) is 0 Å². The fraction of sp³-hybridized carbons (Fsp3) is 0.300. The van der Waals surface area contributed by atoms with Crippen LogP contribution in [0.1, 0.15) is 12.5 Å². The molecule has 6 nitrogen and oxygen atoms in total. The number of para-hydroxylation sites is 1. The van der Waals surface area contributed by atoms with Gasteiger partial charge in [0, 0.05) is 18.2 Å². The fourth-order valence-corrected chi connectivity index (χ4v) is 1.18. The van der Waals surface area contributed by atoms with E-state index in [0.29, 0.717) is 5.56 Å². The first-order valence-corrected chi connectivity index (χ1v) is 4.78. The first-order valence-electron chi connectivity index (χ1n) is 4.78. The maximum atomic E-state index is 11.2. The summed E-state index contributed by atoms with van der Waals surface area (Å²) in [6.07, 6.45) is 0. The Morgan fingerprint density at radius 3 is 2.65 bits per heavy atom. The Balaban J connectivity index is 0.00000256. The average Bonchev–Trinajstić information content (AvgIpc) is 2.25. The number of nitro groups is 1. The van der Waals surface area contributed by atoms with Gasteiger partial charge in [-0.25, -0.2) is 0 Å². The lowest BCUT2D eigenvalue weighted by atomic mass is 10.2. The van der Waals surface area contributed by atoms with Crippen LogP contribution >= 0.6 is 12.4 Å². The highest BCUT2D eigenvalue weighted by molar-refractivity contribution is 5.85. The van der Waals surface area contributed by atoms with E-state index >= 15 is 0 Å². The van der Waals surface area contributed by atoms with Crippen molar-refractivity contribution in [1.82, 2.24) is 5.32 Å². The third-order valence-corrected chi connectivity index (χ3v) is 2.05. The highest BCUT2D eigenvalue weighted by atomic mass is 35.5. The van der Waals surface area contributed by atoms with Crippen molar-refractivity contribution in [2.45, 2.75) is 19.5 Å². The van der Waals surface area contributed by atoms with Gasteiger partial charge in [-0.3, -0.25) is 14.9 Å². The Morgan fingerprint density at radius 2 is 2.12 bits per heavy atom. The summed E-state index contributed by atoms with van der Waals surface area (Å²) in [5.74, 6) is -0.335. The molecule has 0 heterocycles. The number of hydrogen-bond acceptors (Lipinski definition) is 4. The molecule has 1 atom stereocenters. The van der Waals surface area contributed by atoms with E-state index in [1.165, 1.54) is 6.07 Å². The first kappa shape index (κ1) is 15.3. The maximum absolute atomic E-state index is 11.2. The maximum Gasteiger partial charge on any atom is 0.274 e. The summed E-state index contributed by atoms with van der Waals surface area (Å²) in [6, 6.07) is 5.63. The predicted octanol–water partition coefficient (Wildman–Crippen LogP) is 0.980. The third kappa shape index (κ3) is 4.38. The molecule has 1 aromatic rings. The molecule has 0 aliphatic rings. The lowest BCUT2D eigenvalue weighted by molar-refractivity contribution is -0.385. The molecule has 0 aromatic heterocycles. The second kappa shape index (κ2) is 6.82. The first-order chi connectivity index (χ1) is 7.52. The van der Waals surface area contributed by atoms with Crippen LogP contribution in [-0.2, 0) is 11.3 Å². The quantitative estimate of drug-likeness (QED) is 0.622. The lowest BCUT2D eigenvalue weighted by Gasteiger charge is -2.07. The largest absolute Gasteiger partial charge is 0.350 e. The summed E-state index contributed by atoms with van der Waals surface area (Å²) in [6.45, 7) is 1.66. The van der Waals surface area contributed by atoms with Gasteiger partial charge in [0.25, 0.3) is 5.69 Å². The third-order valence-electron chi connectivity index (χ3n) is 2.05. The van der Waals surface area contributed by atoms with E-state index in [-0.39, 0.29) is 30.5 Å². The number of rotatable bonds is 4. The number of benzene rings is 1. The van der Waals surface area contributed by atoms with Gasteiger partial charge in [0.1, 0.15) is 0 Å². The van der Waals surface area contributed by atoms with Crippen molar-refractivity contribution >= 4 is 24.0 Å². The smallest absolute Gasteiger partial charge is 0.274 e. The zero-order valence-electron chi connectivity index (χ0n) is 9.25. The number of nitrogens with zero attached hydrogens (tertiary/aromatic N) is 1. The summed E-state index contributed by atoms with van der Waals surface area (Å²) in [5, 5.41) is 13.2. The number of carbonyl (C=O) groups excluding carboxylic acids is 1. The van der Waals surface area contributed by atoms with Crippen LogP contribution < -0.4 is 11.1 Å². The Labute approximate surface area is 105 Å². The Kier molecular flexibility index (Phi) is 6.16. The second-order valence-corrected chi connectivity index (χ2v) is 3.39. The summed E-state index contributed by atoms with van der Waals surface area (Å²) in [4.78, 5) is 21.4. The van der Waals surface area contributed by atoms with Gasteiger partial charge in [0.15, 0.2) is 0 Å². The van der Waals surface area contributed by atoms with E-state index in [9.17, 15) is 14.9 Å². The molecule has 1 rings (SSSR count). The normalized spacial score (nSPS) is 11.2. The Bertz CT molecular complexity index is 410. The molecule has 0 saturated heterocycles. The number of nitrogens with one attached hydrogen (secondary N) is 1. The number of nitro benzene ring substituents is 1. The number of hydrogen-bond donors (Lipinski definition) is 2. The van der Waals surface area contributed by atoms with Gasteiger partial charge in [-0.15, -0.1) is 12.4 Å². The fourth-order valence-electron chi connectivity index (χ4n) is 1.18. The van der Waals surface area contributed by atoms with Gasteiger partial charge in [-0.05, 0) is 6.92 Å². The van der Waals surface area contributed by atoms with Crippen molar-refractivity contribution in [3.8, 4) is 0 Å². The molecule has 3 N–H and O–H groups in total. The summed E-state index contributed by atoms with van der Waals surface area (Å²) < 4.78 is 0. The molecule has 0 radical (unpaired) electrons. The van der Waals surface area contributed by atoms with E-state index in [0.717, 1.165) is 0 Å². The monoisotopic (exact) mass is 259 g/mol. The minimum Gasteiger partial charge on any atom is -0.350 e. The number of carbonyl (C=O) groups is 1. The van der Waals surface area contributed by atoms with E-state index < -0.39 is 11.0 Å². The van der Waals surface area contributed by atoms with Gasteiger partial charge in [0.2, 0.25) is 5.91 Å². The summed E-state index contributed by atoms with van der Waals surface area (Å²) >= 11 is 0. The minimum absolute atomic E-state index is 0. The topological polar surface area (TPSA) is 98.3 Å². The second-order valence-electron chi connectivity index (χ2n) is 3.39. The summed E-state index contributed by atoms with van der Waals surface area (Å²) in [7, 11) is 0. The highest BCUT2D eigenvalue weighted by Crippen LogP contribution is 2.16.